The second kappa shape index (κ2) is 7.12. The molecule has 0 bridgehead atoms. The molecule has 25 heavy (non-hydrogen) atoms. The third-order valence-corrected chi connectivity index (χ3v) is 3.30. The highest BCUT2D eigenvalue weighted by molar-refractivity contribution is 5.90. The molecular formula is C16H14F2N4O3. The summed E-state index contributed by atoms with van der Waals surface area (Å²) in [5.41, 5.74) is 0.480. The largest absolute Gasteiger partial charge is 0.488 e. The summed E-state index contributed by atoms with van der Waals surface area (Å²) in [6.45, 7) is -0.938. The third-order valence-electron chi connectivity index (χ3n) is 3.30. The smallest absolute Gasteiger partial charge is 0.350 e. The van der Waals surface area contributed by atoms with Crippen LogP contribution >= 0.6 is 0 Å². The van der Waals surface area contributed by atoms with E-state index in [1.807, 2.05) is 0 Å². The SMILES string of the molecule is O=C(Cn1nc2ccccn2c1=O)Nc1ccc(OCC(F)F)cc1. The van der Waals surface area contributed by atoms with Gasteiger partial charge in [0.2, 0.25) is 5.91 Å². The number of ether oxygens (including phenoxy) is 1. The van der Waals surface area contributed by atoms with E-state index in [2.05, 4.69) is 10.4 Å². The number of carbonyl (C=O) groups excluding carboxylic acids is 1. The average molecular weight is 348 g/mol. The first kappa shape index (κ1) is 16.6. The molecule has 0 atom stereocenters. The van der Waals surface area contributed by atoms with Gasteiger partial charge in [0.25, 0.3) is 6.43 Å². The molecule has 0 unspecified atom stereocenters. The molecule has 2 heterocycles. The molecule has 1 N–H and O–H groups in total. The number of nitrogens with zero attached hydrogens (tertiary/aromatic N) is 3. The Morgan fingerprint density at radius 2 is 1.96 bits per heavy atom. The first-order valence-electron chi connectivity index (χ1n) is 7.38. The molecular weight excluding hydrogens is 334 g/mol. The average Bonchev–Trinajstić information content (AvgIpc) is 2.90. The van der Waals surface area contributed by atoms with Crippen LogP contribution in [0.2, 0.25) is 0 Å². The fourth-order valence-electron chi connectivity index (χ4n) is 2.20. The predicted octanol–water partition coefficient (Wildman–Crippen LogP) is 1.78. The van der Waals surface area contributed by atoms with E-state index >= 15 is 0 Å². The van der Waals surface area contributed by atoms with E-state index < -0.39 is 24.6 Å². The van der Waals surface area contributed by atoms with E-state index in [-0.39, 0.29) is 12.3 Å². The summed E-state index contributed by atoms with van der Waals surface area (Å²) >= 11 is 0. The van der Waals surface area contributed by atoms with Gasteiger partial charge in [0.1, 0.15) is 18.9 Å². The van der Waals surface area contributed by atoms with Crippen molar-refractivity contribution in [2.75, 3.05) is 11.9 Å². The first-order chi connectivity index (χ1) is 12.0. The molecule has 0 spiro atoms. The number of carbonyl (C=O) groups is 1. The number of alkyl halides is 2. The van der Waals surface area contributed by atoms with Gasteiger partial charge in [-0.1, -0.05) is 6.07 Å². The topological polar surface area (TPSA) is 77.6 Å². The Morgan fingerprint density at radius 1 is 1.20 bits per heavy atom. The number of hydrogen-bond donors (Lipinski definition) is 1. The van der Waals surface area contributed by atoms with E-state index in [0.717, 1.165) is 4.68 Å². The summed E-state index contributed by atoms with van der Waals surface area (Å²) in [4.78, 5) is 24.2. The van der Waals surface area contributed by atoms with Crippen LogP contribution in [-0.2, 0) is 11.3 Å². The number of anilines is 1. The van der Waals surface area contributed by atoms with E-state index in [9.17, 15) is 18.4 Å². The van der Waals surface area contributed by atoms with Crippen molar-refractivity contribution in [3.63, 3.8) is 0 Å². The van der Waals surface area contributed by atoms with Crippen molar-refractivity contribution < 1.29 is 18.3 Å². The minimum Gasteiger partial charge on any atom is -0.488 e. The lowest BCUT2D eigenvalue weighted by Gasteiger charge is -2.07. The number of fused-ring (bicyclic) bond motifs is 1. The van der Waals surface area contributed by atoms with Crippen molar-refractivity contribution in [3.05, 3.63) is 59.1 Å². The van der Waals surface area contributed by atoms with Crippen molar-refractivity contribution in [2.45, 2.75) is 13.0 Å². The second-order valence-corrected chi connectivity index (χ2v) is 5.14. The van der Waals surface area contributed by atoms with Gasteiger partial charge in [-0.3, -0.25) is 9.20 Å². The van der Waals surface area contributed by atoms with Crippen LogP contribution in [0.5, 0.6) is 5.75 Å². The zero-order valence-electron chi connectivity index (χ0n) is 12.9. The molecule has 2 aromatic heterocycles. The van der Waals surface area contributed by atoms with Crippen LogP contribution in [0, 0.1) is 0 Å². The molecule has 0 radical (unpaired) electrons. The summed E-state index contributed by atoms with van der Waals surface area (Å²) in [6, 6.07) is 11.1. The third kappa shape index (κ3) is 4.00. The van der Waals surface area contributed by atoms with Crippen LogP contribution in [0.1, 0.15) is 0 Å². The van der Waals surface area contributed by atoms with Crippen molar-refractivity contribution in [2.24, 2.45) is 0 Å². The standard InChI is InChI=1S/C16H14F2N4O3/c17-13(18)10-25-12-6-4-11(5-7-12)19-15(23)9-22-16(24)21-8-2-1-3-14(21)20-22/h1-8,13H,9-10H2,(H,19,23). The predicted molar refractivity (Wildman–Crippen MR) is 86.0 cm³/mol. The maximum atomic E-state index is 12.1. The Bertz CT molecular complexity index is 934. The lowest BCUT2D eigenvalue weighted by molar-refractivity contribution is -0.117. The molecule has 7 nitrogen and oxygen atoms in total. The highest BCUT2D eigenvalue weighted by Gasteiger charge is 2.11. The van der Waals surface area contributed by atoms with Gasteiger partial charge in [0.05, 0.1) is 0 Å². The summed E-state index contributed by atoms with van der Waals surface area (Å²) in [7, 11) is 0. The van der Waals surface area contributed by atoms with Crippen molar-refractivity contribution in [3.8, 4) is 5.75 Å². The summed E-state index contributed by atoms with van der Waals surface area (Å²) in [5.74, 6) is -0.165. The van der Waals surface area contributed by atoms with E-state index in [4.69, 9.17) is 4.74 Å². The van der Waals surface area contributed by atoms with Gasteiger partial charge in [0.15, 0.2) is 5.65 Å². The zero-order chi connectivity index (χ0) is 17.8. The Morgan fingerprint density at radius 3 is 2.64 bits per heavy atom. The van der Waals surface area contributed by atoms with E-state index in [0.29, 0.717) is 11.3 Å². The Hall–Kier alpha value is -3.23. The van der Waals surface area contributed by atoms with Crippen LogP contribution in [0.15, 0.2) is 53.5 Å². The van der Waals surface area contributed by atoms with Crippen LogP contribution in [-0.4, -0.2) is 33.1 Å². The number of rotatable bonds is 6. The number of nitrogens with one attached hydrogen (secondary N) is 1. The molecule has 9 heteroatoms. The van der Waals surface area contributed by atoms with Gasteiger partial charge < -0.3 is 10.1 Å². The molecule has 0 aliphatic rings. The molecule has 130 valence electrons. The highest BCUT2D eigenvalue weighted by Crippen LogP contribution is 2.16. The fourth-order valence-corrected chi connectivity index (χ4v) is 2.20. The molecule has 0 saturated carbocycles. The van der Waals surface area contributed by atoms with Gasteiger partial charge in [-0.2, -0.15) is 0 Å². The Kier molecular flexibility index (Phi) is 4.73. The maximum Gasteiger partial charge on any atom is 0.350 e. The van der Waals surface area contributed by atoms with Crippen LogP contribution in [0.3, 0.4) is 0 Å². The molecule has 0 aliphatic heterocycles. The number of hydrogen-bond acceptors (Lipinski definition) is 4. The van der Waals surface area contributed by atoms with Gasteiger partial charge >= 0.3 is 5.69 Å². The second-order valence-electron chi connectivity index (χ2n) is 5.14. The van der Waals surface area contributed by atoms with Gasteiger partial charge in [0, 0.05) is 11.9 Å². The number of halogens is 2. The van der Waals surface area contributed by atoms with Crippen LogP contribution < -0.4 is 15.7 Å². The molecule has 0 aliphatic carbocycles. The summed E-state index contributed by atoms with van der Waals surface area (Å²) in [5, 5.41) is 6.67. The minimum atomic E-state index is -2.55. The minimum absolute atomic E-state index is 0.246. The number of pyridine rings is 1. The molecule has 1 aromatic carbocycles. The number of aromatic nitrogens is 3. The number of amides is 1. The van der Waals surface area contributed by atoms with Gasteiger partial charge in [-0.05, 0) is 36.4 Å². The molecule has 3 aromatic rings. The zero-order valence-corrected chi connectivity index (χ0v) is 12.9. The van der Waals surface area contributed by atoms with Crippen molar-refractivity contribution in [1.82, 2.24) is 14.2 Å². The lowest BCUT2D eigenvalue weighted by atomic mass is 10.3. The highest BCUT2D eigenvalue weighted by atomic mass is 19.3. The quantitative estimate of drug-likeness (QED) is 0.737. The van der Waals surface area contributed by atoms with E-state index in [1.165, 1.54) is 28.7 Å². The van der Waals surface area contributed by atoms with E-state index in [1.54, 1.807) is 24.4 Å². The van der Waals surface area contributed by atoms with Crippen LogP contribution in [0.4, 0.5) is 14.5 Å². The first-order valence-corrected chi connectivity index (χ1v) is 7.38. The fraction of sp³-hybridized carbons (Fsp3) is 0.188. The summed E-state index contributed by atoms with van der Waals surface area (Å²) in [6.07, 6.45) is -0.986. The van der Waals surface area contributed by atoms with Gasteiger partial charge in [-0.25, -0.2) is 18.3 Å². The maximum absolute atomic E-state index is 12.1. The molecule has 0 saturated heterocycles. The Labute approximate surface area is 140 Å². The van der Waals surface area contributed by atoms with Gasteiger partial charge in [-0.15, -0.1) is 5.10 Å². The summed E-state index contributed by atoms with van der Waals surface area (Å²) < 4.78 is 31.4. The number of benzene rings is 1. The molecule has 1 amide bonds. The lowest BCUT2D eigenvalue weighted by Crippen LogP contribution is -2.28. The molecule has 0 fully saturated rings. The monoisotopic (exact) mass is 348 g/mol. The normalized spacial score (nSPS) is 11.0. The van der Waals surface area contributed by atoms with Crippen LogP contribution in [0.25, 0.3) is 5.65 Å². The van der Waals surface area contributed by atoms with Crippen molar-refractivity contribution >= 4 is 17.2 Å². The molecule has 3 rings (SSSR count). The Balaban J connectivity index is 1.64. The van der Waals surface area contributed by atoms with Crippen molar-refractivity contribution in [1.29, 1.82) is 0 Å².